The molecule has 0 spiro atoms. The third-order valence-electron chi connectivity index (χ3n) is 1.65. The van der Waals surface area contributed by atoms with Crippen LogP contribution >= 0.6 is 0 Å². The summed E-state index contributed by atoms with van der Waals surface area (Å²) >= 11 is 0. The van der Waals surface area contributed by atoms with Crippen LogP contribution in [0.2, 0.25) is 0 Å². The van der Waals surface area contributed by atoms with Crippen molar-refractivity contribution in [2.75, 3.05) is 0 Å². The molecule has 29 heavy (non-hydrogen) atoms. The van der Waals surface area contributed by atoms with E-state index in [0.717, 1.165) is 0 Å². The van der Waals surface area contributed by atoms with E-state index < -0.39 is 0 Å². The van der Waals surface area contributed by atoms with Gasteiger partial charge >= 0.3 is 0 Å². The molecular formula is C20H32HfO8. The van der Waals surface area contributed by atoms with Crippen molar-refractivity contribution in [2.24, 2.45) is 0 Å². The number of aliphatic hydroxyl groups is 4. The van der Waals surface area contributed by atoms with Crippen LogP contribution in [0.25, 0.3) is 0 Å². The Morgan fingerprint density at radius 1 is 0.414 bits per heavy atom. The van der Waals surface area contributed by atoms with E-state index in [0.29, 0.717) is 0 Å². The molecule has 0 heterocycles. The van der Waals surface area contributed by atoms with Crippen molar-refractivity contribution in [1.29, 1.82) is 0 Å². The molecule has 0 rings (SSSR count). The Morgan fingerprint density at radius 3 is 0.517 bits per heavy atom. The largest absolute Gasteiger partial charge is 0.512 e. The van der Waals surface area contributed by atoms with Gasteiger partial charge in [0.05, 0.1) is 23.0 Å². The topological polar surface area (TPSA) is 149 Å². The van der Waals surface area contributed by atoms with E-state index in [1.807, 2.05) is 0 Å². The summed E-state index contributed by atoms with van der Waals surface area (Å²) in [5, 5.41) is 33.5. The standard InChI is InChI=1S/4C5H8O2.Hf/c4*1-4(6)3-5(2)7;/h4*3,6H,1-2H3;/b4*4-3-;. The second-order valence-electron chi connectivity index (χ2n) is 5.59. The maximum Gasteiger partial charge on any atom is 0.155 e. The van der Waals surface area contributed by atoms with Crippen LogP contribution in [0.3, 0.4) is 0 Å². The molecule has 0 amide bonds. The molecule has 0 unspecified atom stereocenters. The van der Waals surface area contributed by atoms with E-state index >= 15 is 0 Å². The van der Waals surface area contributed by atoms with Crippen molar-refractivity contribution in [1.82, 2.24) is 0 Å². The molecule has 0 aliphatic rings. The number of aliphatic hydroxyl groups excluding tert-OH is 4. The van der Waals surface area contributed by atoms with Gasteiger partial charge in [-0.3, -0.25) is 19.2 Å². The van der Waals surface area contributed by atoms with Gasteiger partial charge < -0.3 is 20.4 Å². The normalized spacial score (nSPS) is 11.0. The van der Waals surface area contributed by atoms with Gasteiger partial charge in [0.15, 0.2) is 23.1 Å². The molecule has 4 N–H and O–H groups in total. The maximum absolute atomic E-state index is 10.0. The Bertz CT molecular complexity index is 513. The van der Waals surface area contributed by atoms with Crippen LogP contribution in [0.15, 0.2) is 47.3 Å². The molecule has 0 aliphatic carbocycles. The van der Waals surface area contributed by atoms with Crippen molar-refractivity contribution in [2.45, 2.75) is 55.4 Å². The average Bonchev–Trinajstić information content (AvgIpc) is 2.32. The molecule has 164 valence electrons. The summed E-state index contributed by atoms with van der Waals surface area (Å²) in [5.74, 6) is -0.250. The van der Waals surface area contributed by atoms with E-state index in [-0.39, 0.29) is 72.0 Å². The number of allylic oxidation sites excluding steroid dienone is 8. The first-order valence-corrected chi connectivity index (χ1v) is 8.02. The van der Waals surface area contributed by atoms with Gasteiger partial charge in [0, 0.05) is 50.1 Å². The van der Waals surface area contributed by atoms with Gasteiger partial charge in [0.25, 0.3) is 0 Å². The number of hydrogen-bond acceptors (Lipinski definition) is 8. The van der Waals surface area contributed by atoms with Crippen molar-refractivity contribution in [3.05, 3.63) is 47.3 Å². The fourth-order valence-electron chi connectivity index (χ4n) is 1.18. The summed E-state index contributed by atoms with van der Waals surface area (Å²) in [6, 6.07) is 0. The summed E-state index contributed by atoms with van der Waals surface area (Å²) < 4.78 is 0. The summed E-state index contributed by atoms with van der Waals surface area (Å²) in [6.07, 6.45) is 4.67. The summed E-state index contributed by atoms with van der Waals surface area (Å²) in [4.78, 5) is 40.1. The Hall–Kier alpha value is -2.29. The van der Waals surface area contributed by atoms with Crippen molar-refractivity contribution in [3.63, 3.8) is 0 Å². The summed E-state index contributed by atoms with van der Waals surface area (Å²) in [5.41, 5.74) is 0. The third-order valence-corrected chi connectivity index (χ3v) is 1.65. The molecule has 0 radical (unpaired) electrons. The maximum atomic E-state index is 10.0. The number of hydrogen-bond donors (Lipinski definition) is 4. The smallest absolute Gasteiger partial charge is 0.155 e. The molecule has 0 aromatic rings. The van der Waals surface area contributed by atoms with Crippen LogP contribution in [0.4, 0.5) is 0 Å². The number of carbonyl (C=O) groups is 4. The van der Waals surface area contributed by atoms with Crippen molar-refractivity contribution < 1.29 is 65.4 Å². The molecule has 0 bridgehead atoms. The summed E-state index contributed by atoms with van der Waals surface area (Å²) in [7, 11) is 0. The molecule has 9 heteroatoms. The van der Waals surface area contributed by atoms with Gasteiger partial charge in [-0.2, -0.15) is 0 Å². The van der Waals surface area contributed by atoms with Crippen LogP contribution in [0.5, 0.6) is 0 Å². The second-order valence-corrected chi connectivity index (χ2v) is 5.59. The second kappa shape index (κ2) is 23.7. The monoisotopic (exact) mass is 580 g/mol. The van der Waals surface area contributed by atoms with E-state index in [9.17, 15) is 19.2 Å². The van der Waals surface area contributed by atoms with E-state index in [4.69, 9.17) is 20.4 Å². The van der Waals surface area contributed by atoms with Gasteiger partial charge in [0.1, 0.15) is 0 Å². The number of ketones is 4. The fourth-order valence-corrected chi connectivity index (χ4v) is 1.18. The molecule has 0 fully saturated rings. The van der Waals surface area contributed by atoms with Gasteiger partial charge in [-0.25, -0.2) is 0 Å². The molecule has 0 aliphatic heterocycles. The van der Waals surface area contributed by atoms with Gasteiger partial charge in [-0.05, 0) is 55.4 Å². The molecule has 0 saturated heterocycles. The minimum absolute atomic E-state index is 0. The molecule has 8 nitrogen and oxygen atoms in total. The van der Waals surface area contributed by atoms with E-state index in [1.54, 1.807) is 0 Å². The number of carbonyl (C=O) groups excluding carboxylic acids is 4. The van der Waals surface area contributed by atoms with Crippen molar-refractivity contribution >= 4 is 23.1 Å². The van der Waals surface area contributed by atoms with Crippen LogP contribution in [0, 0.1) is 0 Å². The molecular weight excluding hydrogens is 547 g/mol. The van der Waals surface area contributed by atoms with Crippen LogP contribution in [-0.2, 0) is 45.0 Å². The Kier molecular flexibility index (Phi) is 30.7. The molecule has 0 aromatic carbocycles. The predicted molar refractivity (Wildman–Crippen MR) is 108 cm³/mol. The minimum atomic E-state index is -0.125. The first kappa shape index (κ1) is 37.5. The van der Waals surface area contributed by atoms with E-state index in [2.05, 4.69) is 0 Å². The van der Waals surface area contributed by atoms with Crippen LogP contribution in [0.1, 0.15) is 55.4 Å². The zero-order valence-corrected chi connectivity index (χ0v) is 21.8. The van der Waals surface area contributed by atoms with Gasteiger partial charge in [-0.15, -0.1) is 0 Å². The first-order chi connectivity index (χ1) is 12.5. The minimum Gasteiger partial charge on any atom is -0.512 e. The Balaban J connectivity index is -0.0000000873. The van der Waals surface area contributed by atoms with Gasteiger partial charge in [-0.1, -0.05) is 0 Å². The van der Waals surface area contributed by atoms with Crippen LogP contribution in [-0.4, -0.2) is 43.6 Å². The predicted octanol–water partition coefficient (Wildman–Crippen LogP) is 4.15. The molecule has 0 atom stereocenters. The quantitative estimate of drug-likeness (QED) is 0.221. The van der Waals surface area contributed by atoms with Crippen LogP contribution < -0.4 is 0 Å². The van der Waals surface area contributed by atoms with Crippen molar-refractivity contribution in [3.8, 4) is 0 Å². The Labute approximate surface area is 191 Å². The third kappa shape index (κ3) is 76.9. The average molecular weight is 579 g/mol. The Morgan fingerprint density at radius 2 is 0.517 bits per heavy atom. The van der Waals surface area contributed by atoms with E-state index in [1.165, 1.54) is 79.7 Å². The SMILES string of the molecule is CC(=O)/C=C(/C)O.CC(=O)/C=C(/C)O.CC(=O)/C=C(/C)O.CC(=O)/C=C(/C)O.[Hf]. The first-order valence-electron chi connectivity index (χ1n) is 8.02. The summed E-state index contributed by atoms with van der Waals surface area (Å²) in [6.45, 7) is 11.4. The number of rotatable bonds is 4. The zero-order valence-electron chi connectivity index (χ0n) is 18.2. The van der Waals surface area contributed by atoms with Gasteiger partial charge in [0.2, 0.25) is 0 Å². The fraction of sp³-hybridized carbons (Fsp3) is 0.400. The zero-order chi connectivity index (χ0) is 23.4. The molecule has 0 aromatic heterocycles. The molecule has 0 saturated carbocycles.